The zero-order chi connectivity index (χ0) is 12.4. The van der Waals surface area contributed by atoms with Gasteiger partial charge in [-0.3, -0.25) is 0 Å². The molecule has 1 aliphatic rings. The first kappa shape index (κ1) is 11.1. The summed E-state index contributed by atoms with van der Waals surface area (Å²) in [6, 6.07) is 16.8. The topological polar surface area (TPSA) is 24.1 Å². The van der Waals surface area contributed by atoms with Crippen LogP contribution in [0.2, 0.25) is 0 Å². The van der Waals surface area contributed by atoms with Gasteiger partial charge in [0.1, 0.15) is 0 Å². The maximum Gasteiger partial charge on any atom is 0.0461 e. The van der Waals surface area contributed by atoms with Crippen molar-refractivity contribution in [2.45, 2.75) is 0 Å². The summed E-state index contributed by atoms with van der Waals surface area (Å²) in [6.45, 7) is 0.868. The predicted molar refractivity (Wildman–Crippen MR) is 78.0 cm³/mol. The van der Waals surface area contributed by atoms with E-state index in [0.29, 0.717) is 0 Å². The lowest BCUT2D eigenvalue weighted by molar-refractivity contribution is 0.934. The summed E-state index contributed by atoms with van der Waals surface area (Å²) < 4.78 is 0. The van der Waals surface area contributed by atoms with Gasteiger partial charge in [0.05, 0.1) is 0 Å². The van der Waals surface area contributed by atoms with Crippen molar-refractivity contribution in [3.05, 3.63) is 59.7 Å². The van der Waals surface area contributed by atoms with Crippen molar-refractivity contribution in [2.75, 3.05) is 18.9 Å². The third kappa shape index (κ3) is 1.91. The first-order chi connectivity index (χ1) is 8.88. The van der Waals surface area contributed by atoms with E-state index in [0.717, 1.165) is 12.2 Å². The number of likely N-dealkylation sites (N-methyl/N-ethyl adjacent to an activating group) is 1. The number of benzene rings is 2. The molecule has 0 unspecified atom stereocenters. The number of hydrogen-bond acceptors (Lipinski definition) is 2. The van der Waals surface area contributed by atoms with Crippen LogP contribution in [0.25, 0.3) is 11.6 Å². The number of rotatable bonds is 2. The smallest absolute Gasteiger partial charge is 0.0461 e. The number of fused-ring (bicyclic) bond motifs is 2. The van der Waals surface area contributed by atoms with Gasteiger partial charge in [0.15, 0.2) is 0 Å². The Labute approximate surface area is 107 Å². The fourth-order valence-electron chi connectivity index (χ4n) is 2.36. The van der Waals surface area contributed by atoms with Gasteiger partial charge in [-0.15, -0.1) is 0 Å². The molecule has 1 heterocycles. The maximum absolute atomic E-state index is 3.51. The molecule has 0 saturated heterocycles. The highest BCUT2D eigenvalue weighted by atomic mass is 14.9. The molecule has 0 bridgehead atoms. The minimum atomic E-state index is 0.868. The van der Waals surface area contributed by atoms with Gasteiger partial charge in [-0.2, -0.15) is 0 Å². The van der Waals surface area contributed by atoms with Crippen molar-refractivity contribution in [3.8, 4) is 0 Å². The van der Waals surface area contributed by atoms with Gasteiger partial charge >= 0.3 is 0 Å². The van der Waals surface area contributed by atoms with Crippen molar-refractivity contribution < 1.29 is 0 Å². The minimum Gasteiger partial charge on any atom is -0.355 e. The SMILES string of the molecule is CNCC1=Cc2ccccc2Nc2ccccc21. The van der Waals surface area contributed by atoms with E-state index in [1.165, 1.54) is 22.4 Å². The van der Waals surface area contributed by atoms with E-state index in [9.17, 15) is 0 Å². The second-order valence-corrected chi connectivity index (χ2v) is 4.46. The van der Waals surface area contributed by atoms with Crippen LogP contribution in [0.1, 0.15) is 11.1 Å². The summed E-state index contributed by atoms with van der Waals surface area (Å²) in [5.74, 6) is 0. The predicted octanol–water partition coefficient (Wildman–Crippen LogP) is 3.50. The summed E-state index contributed by atoms with van der Waals surface area (Å²) >= 11 is 0. The molecule has 2 nitrogen and oxygen atoms in total. The van der Waals surface area contributed by atoms with Gasteiger partial charge in [-0.05, 0) is 36.4 Å². The minimum absolute atomic E-state index is 0.868. The second kappa shape index (κ2) is 4.67. The fraction of sp³-hybridized carbons (Fsp3) is 0.125. The highest BCUT2D eigenvalue weighted by Gasteiger charge is 2.13. The largest absolute Gasteiger partial charge is 0.355 e. The average Bonchev–Trinajstić information content (AvgIpc) is 2.56. The normalized spacial score (nSPS) is 12.8. The lowest BCUT2D eigenvalue weighted by Gasteiger charge is -2.11. The number of anilines is 2. The van der Waals surface area contributed by atoms with E-state index < -0.39 is 0 Å². The van der Waals surface area contributed by atoms with Gasteiger partial charge in [0, 0.05) is 23.5 Å². The Hall–Kier alpha value is -2.06. The Bertz CT molecular complexity index is 600. The third-order valence-electron chi connectivity index (χ3n) is 3.20. The molecule has 18 heavy (non-hydrogen) atoms. The van der Waals surface area contributed by atoms with Gasteiger partial charge in [-0.25, -0.2) is 0 Å². The molecule has 0 spiro atoms. The van der Waals surface area contributed by atoms with Gasteiger partial charge in [-0.1, -0.05) is 36.4 Å². The van der Waals surface area contributed by atoms with Gasteiger partial charge < -0.3 is 10.6 Å². The summed E-state index contributed by atoms with van der Waals surface area (Å²) in [4.78, 5) is 0. The molecule has 90 valence electrons. The summed E-state index contributed by atoms with van der Waals surface area (Å²) in [7, 11) is 1.98. The number of para-hydroxylation sites is 2. The molecule has 3 rings (SSSR count). The Morgan fingerprint density at radius 3 is 2.50 bits per heavy atom. The molecule has 2 aromatic rings. The van der Waals surface area contributed by atoms with Crippen LogP contribution < -0.4 is 10.6 Å². The Balaban J connectivity index is 2.19. The molecule has 0 fully saturated rings. The van der Waals surface area contributed by atoms with Crippen LogP contribution in [-0.2, 0) is 0 Å². The first-order valence-electron chi connectivity index (χ1n) is 6.19. The van der Waals surface area contributed by atoms with Crippen molar-refractivity contribution in [1.29, 1.82) is 0 Å². The van der Waals surface area contributed by atoms with Crippen LogP contribution in [0.3, 0.4) is 0 Å². The summed E-state index contributed by atoms with van der Waals surface area (Å²) in [5, 5.41) is 6.75. The van der Waals surface area contributed by atoms with Crippen LogP contribution in [0.4, 0.5) is 11.4 Å². The molecule has 2 aromatic carbocycles. The Kier molecular flexibility index (Phi) is 2.87. The molecule has 0 aromatic heterocycles. The van der Waals surface area contributed by atoms with E-state index >= 15 is 0 Å². The van der Waals surface area contributed by atoms with E-state index in [-0.39, 0.29) is 0 Å². The van der Waals surface area contributed by atoms with Crippen molar-refractivity contribution in [2.24, 2.45) is 0 Å². The standard InChI is InChI=1S/C16H16N2/c1-17-11-13-10-12-6-2-4-8-15(12)18-16-9-5-3-7-14(13)16/h2-10,17-18H,11H2,1H3. The molecule has 1 aliphatic heterocycles. The van der Waals surface area contributed by atoms with E-state index in [1.807, 2.05) is 7.05 Å². The zero-order valence-corrected chi connectivity index (χ0v) is 10.4. The molecule has 0 aliphatic carbocycles. The quantitative estimate of drug-likeness (QED) is 0.834. The van der Waals surface area contributed by atoms with Crippen LogP contribution in [0.15, 0.2) is 48.5 Å². The zero-order valence-electron chi connectivity index (χ0n) is 10.4. The van der Waals surface area contributed by atoms with Crippen LogP contribution >= 0.6 is 0 Å². The maximum atomic E-state index is 3.51. The van der Waals surface area contributed by atoms with Crippen molar-refractivity contribution in [3.63, 3.8) is 0 Å². The van der Waals surface area contributed by atoms with Crippen molar-refractivity contribution >= 4 is 23.0 Å². The van der Waals surface area contributed by atoms with E-state index in [4.69, 9.17) is 0 Å². The monoisotopic (exact) mass is 236 g/mol. The summed E-state index contributed by atoms with van der Waals surface area (Å²) in [5.41, 5.74) is 6.15. The molecule has 2 heteroatoms. The average molecular weight is 236 g/mol. The van der Waals surface area contributed by atoms with Crippen LogP contribution in [0, 0.1) is 0 Å². The van der Waals surface area contributed by atoms with Crippen LogP contribution in [0.5, 0.6) is 0 Å². The first-order valence-corrected chi connectivity index (χ1v) is 6.19. The van der Waals surface area contributed by atoms with Crippen LogP contribution in [-0.4, -0.2) is 13.6 Å². The van der Waals surface area contributed by atoms with E-state index in [2.05, 4.69) is 65.2 Å². The lowest BCUT2D eigenvalue weighted by atomic mass is 10.0. The molecular formula is C16H16N2. The second-order valence-electron chi connectivity index (χ2n) is 4.46. The number of nitrogens with one attached hydrogen (secondary N) is 2. The Morgan fingerprint density at radius 2 is 1.67 bits per heavy atom. The fourth-order valence-corrected chi connectivity index (χ4v) is 2.36. The molecule has 0 atom stereocenters. The summed E-state index contributed by atoms with van der Waals surface area (Å²) in [6.07, 6.45) is 2.25. The Morgan fingerprint density at radius 1 is 0.944 bits per heavy atom. The molecule has 0 radical (unpaired) electrons. The van der Waals surface area contributed by atoms with E-state index in [1.54, 1.807) is 0 Å². The molecular weight excluding hydrogens is 220 g/mol. The molecule has 0 saturated carbocycles. The van der Waals surface area contributed by atoms with Gasteiger partial charge in [0.25, 0.3) is 0 Å². The van der Waals surface area contributed by atoms with Gasteiger partial charge in [0.2, 0.25) is 0 Å². The molecule has 2 N–H and O–H groups in total. The number of hydrogen-bond donors (Lipinski definition) is 2. The third-order valence-corrected chi connectivity index (χ3v) is 3.20. The molecule has 0 amide bonds. The highest BCUT2D eigenvalue weighted by molar-refractivity contribution is 5.94. The van der Waals surface area contributed by atoms with Crippen molar-refractivity contribution in [1.82, 2.24) is 5.32 Å². The lowest BCUT2D eigenvalue weighted by Crippen LogP contribution is -2.09. The highest BCUT2D eigenvalue weighted by Crippen LogP contribution is 2.34.